The summed E-state index contributed by atoms with van der Waals surface area (Å²) in [5.41, 5.74) is -0.319. The quantitative estimate of drug-likeness (QED) is 0.205. The maximum atomic E-state index is 13.0. The molecule has 0 spiro atoms. The van der Waals surface area contributed by atoms with Gasteiger partial charge in [0.1, 0.15) is 5.54 Å². The van der Waals surface area contributed by atoms with Gasteiger partial charge in [-0.3, -0.25) is 24.6 Å². The Kier molecular flexibility index (Phi) is 10.6. The van der Waals surface area contributed by atoms with Crippen LogP contribution in [0, 0.1) is 11.8 Å². The van der Waals surface area contributed by atoms with Gasteiger partial charge in [0.2, 0.25) is 11.8 Å². The average molecular weight is 547 g/mol. The topological polar surface area (TPSA) is 113 Å². The highest BCUT2D eigenvalue weighted by molar-refractivity contribution is 7.99. The molecule has 3 rings (SSSR count). The number of aliphatic carboxylic acids is 1. The summed E-state index contributed by atoms with van der Waals surface area (Å²) >= 11 is 1.83. The maximum Gasteiger partial charge on any atom is 0.490 e. The van der Waals surface area contributed by atoms with E-state index < -0.39 is 41.5 Å². The molecule has 2 heterocycles. The van der Waals surface area contributed by atoms with Gasteiger partial charge >= 0.3 is 18.1 Å². The molecule has 1 aromatic rings. The number of amides is 2. The third-order valence-corrected chi connectivity index (χ3v) is 7.65. The third-order valence-electron chi connectivity index (χ3n) is 6.55. The minimum atomic E-state index is -5.08. The highest BCUT2D eigenvalue weighted by Crippen LogP contribution is 2.49. The van der Waals surface area contributed by atoms with Gasteiger partial charge in [-0.15, -0.1) is 11.8 Å². The molecule has 2 fully saturated rings. The van der Waals surface area contributed by atoms with Crippen molar-refractivity contribution in [3.63, 3.8) is 0 Å². The summed E-state index contributed by atoms with van der Waals surface area (Å²) in [5.74, 6) is -4.05. The Bertz CT molecular complexity index is 988. The maximum absolute atomic E-state index is 13.0. The summed E-state index contributed by atoms with van der Waals surface area (Å²) in [7, 11) is 1.31. The number of hydrogen-bond donors (Lipinski definition) is 2. The lowest BCUT2D eigenvalue weighted by Crippen LogP contribution is -2.53. The van der Waals surface area contributed by atoms with E-state index in [1.54, 1.807) is 13.8 Å². The van der Waals surface area contributed by atoms with Gasteiger partial charge in [-0.1, -0.05) is 38.3 Å². The first-order chi connectivity index (χ1) is 17.3. The first-order valence-electron chi connectivity index (χ1n) is 12.1. The minimum absolute atomic E-state index is 0.216. The number of fused-ring (bicyclic) bond motifs is 1. The number of carbonyl (C=O) groups is 4. The second kappa shape index (κ2) is 12.8. The number of nitrogens with one attached hydrogen (secondary N) is 1. The summed E-state index contributed by atoms with van der Waals surface area (Å²) < 4.78 is 36.7. The molecule has 2 saturated heterocycles. The standard InChI is InChI=1S/C23H32N2O4S.C2HF3O2/c1-5-7-8-9-14-30-16-12-10-15(11-13-16)19-17-18(21(27)25(6-2)20(17)26)23(3,24-19)22(28)29-4;3-2(4,5)1(6)7/h10-13,17-19,24H,5-9,14H2,1-4H3;(H,6,7)/t17?,18?,19?,23-;/m1./s1. The van der Waals surface area contributed by atoms with Crippen molar-refractivity contribution in [2.24, 2.45) is 11.8 Å². The van der Waals surface area contributed by atoms with E-state index in [0.29, 0.717) is 6.54 Å². The molecule has 0 aliphatic carbocycles. The molecule has 2 aliphatic heterocycles. The second-order valence-corrected chi connectivity index (χ2v) is 10.2. The number of thioether (sulfide) groups is 1. The zero-order valence-corrected chi connectivity index (χ0v) is 22.1. The SMILES string of the molecule is CCCCCCSc1ccc(C2N[C@@](C)(C(=O)OC)C3C(=O)N(CC)C(=O)C23)cc1.O=C(O)C(F)(F)F. The van der Waals surface area contributed by atoms with Gasteiger partial charge in [-0.25, -0.2) is 4.79 Å². The van der Waals surface area contributed by atoms with Crippen LogP contribution in [0.15, 0.2) is 29.2 Å². The lowest BCUT2D eigenvalue weighted by Gasteiger charge is -2.28. The van der Waals surface area contributed by atoms with Crippen LogP contribution in [0.3, 0.4) is 0 Å². The fourth-order valence-corrected chi connectivity index (χ4v) is 5.60. The van der Waals surface area contributed by atoms with Gasteiger partial charge in [0.25, 0.3) is 0 Å². The second-order valence-electron chi connectivity index (χ2n) is 9.02. The van der Waals surface area contributed by atoms with Crippen molar-refractivity contribution in [3.8, 4) is 0 Å². The number of nitrogens with zero attached hydrogens (tertiary/aromatic N) is 1. The van der Waals surface area contributed by atoms with Crippen LogP contribution in [0.25, 0.3) is 0 Å². The number of halogens is 3. The zero-order valence-electron chi connectivity index (χ0n) is 21.3. The normalized spacial score (nSPS) is 24.9. The van der Waals surface area contributed by atoms with Gasteiger partial charge < -0.3 is 9.84 Å². The summed E-state index contributed by atoms with van der Waals surface area (Å²) in [6.07, 6.45) is -0.116. The van der Waals surface area contributed by atoms with E-state index in [-0.39, 0.29) is 11.8 Å². The van der Waals surface area contributed by atoms with E-state index in [9.17, 15) is 27.6 Å². The van der Waals surface area contributed by atoms with E-state index in [0.717, 1.165) is 11.3 Å². The molecule has 3 unspecified atom stereocenters. The van der Waals surface area contributed by atoms with E-state index in [4.69, 9.17) is 14.6 Å². The summed E-state index contributed by atoms with van der Waals surface area (Å²) in [4.78, 5) is 49.9. The van der Waals surface area contributed by atoms with Crippen LogP contribution in [0.1, 0.15) is 58.1 Å². The van der Waals surface area contributed by atoms with E-state index >= 15 is 0 Å². The number of ether oxygens (including phenoxy) is 1. The number of carbonyl (C=O) groups excluding carboxylic acids is 3. The predicted octanol–water partition coefficient (Wildman–Crippen LogP) is 4.19. The number of carboxylic acid groups (broad SMARTS) is 1. The van der Waals surface area contributed by atoms with Crippen LogP contribution in [0.2, 0.25) is 0 Å². The number of rotatable bonds is 9. The van der Waals surface area contributed by atoms with Gasteiger partial charge in [0.15, 0.2) is 0 Å². The van der Waals surface area contributed by atoms with Gasteiger partial charge in [0.05, 0.1) is 18.9 Å². The van der Waals surface area contributed by atoms with Gasteiger partial charge in [-0.2, -0.15) is 13.2 Å². The van der Waals surface area contributed by atoms with Crippen LogP contribution in [-0.2, 0) is 23.9 Å². The number of unbranched alkanes of at least 4 members (excludes halogenated alkanes) is 3. The average Bonchev–Trinajstić information content (AvgIpc) is 3.31. The Morgan fingerprint density at radius 1 is 1.11 bits per heavy atom. The molecule has 206 valence electrons. The Morgan fingerprint density at radius 2 is 1.70 bits per heavy atom. The van der Waals surface area contributed by atoms with Crippen LogP contribution in [-0.4, -0.2) is 64.9 Å². The van der Waals surface area contributed by atoms with Gasteiger partial charge in [0, 0.05) is 17.5 Å². The molecule has 1 aromatic carbocycles. The van der Waals surface area contributed by atoms with Gasteiger partial charge in [-0.05, 0) is 43.7 Å². The minimum Gasteiger partial charge on any atom is -0.475 e. The molecule has 2 amide bonds. The summed E-state index contributed by atoms with van der Waals surface area (Å²) in [5, 5.41) is 10.4. The Morgan fingerprint density at radius 3 is 2.19 bits per heavy atom. The zero-order chi connectivity index (χ0) is 28.0. The molecule has 12 heteroatoms. The third kappa shape index (κ3) is 6.84. The highest BCUT2D eigenvalue weighted by Gasteiger charge is 2.66. The number of methoxy groups -OCH3 is 1. The number of esters is 1. The number of hydrogen-bond acceptors (Lipinski definition) is 7. The van der Waals surface area contributed by atoms with Crippen molar-refractivity contribution < 1.29 is 42.2 Å². The van der Waals surface area contributed by atoms with E-state index in [1.807, 2.05) is 23.9 Å². The molecule has 0 aromatic heterocycles. The number of benzene rings is 1. The van der Waals surface area contributed by atoms with Crippen molar-refractivity contribution >= 4 is 35.5 Å². The molecular weight excluding hydrogens is 513 g/mol. The largest absolute Gasteiger partial charge is 0.490 e. The van der Waals surface area contributed by atoms with Crippen molar-refractivity contribution in [1.29, 1.82) is 0 Å². The van der Waals surface area contributed by atoms with Crippen molar-refractivity contribution in [1.82, 2.24) is 10.2 Å². The summed E-state index contributed by atoms with van der Waals surface area (Å²) in [6, 6.07) is 7.71. The molecule has 0 radical (unpaired) electrons. The molecule has 37 heavy (non-hydrogen) atoms. The van der Waals surface area contributed by atoms with E-state index in [2.05, 4.69) is 24.4 Å². The Hall–Kier alpha value is -2.60. The molecular formula is C25H33F3N2O6S. The van der Waals surface area contributed by atoms with Crippen LogP contribution in [0.4, 0.5) is 13.2 Å². The predicted molar refractivity (Wildman–Crippen MR) is 131 cm³/mol. The lowest BCUT2D eigenvalue weighted by molar-refractivity contribution is -0.192. The first-order valence-corrected chi connectivity index (χ1v) is 13.1. The molecule has 4 atom stereocenters. The fraction of sp³-hybridized carbons (Fsp3) is 0.600. The monoisotopic (exact) mass is 546 g/mol. The van der Waals surface area contributed by atoms with Crippen molar-refractivity contribution in [2.75, 3.05) is 19.4 Å². The molecule has 8 nitrogen and oxygen atoms in total. The van der Waals surface area contributed by atoms with Crippen LogP contribution < -0.4 is 5.32 Å². The fourth-order valence-electron chi connectivity index (χ4n) is 4.69. The Balaban J connectivity index is 0.000000604. The molecule has 2 N–H and O–H groups in total. The summed E-state index contributed by atoms with van der Waals surface area (Å²) in [6.45, 7) is 5.96. The molecule has 2 aliphatic rings. The van der Waals surface area contributed by atoms with Crippen LogP contribution >= 0.6 is 11.8 Å². The first kappa shape index (κ1) is 30.6. The number of alkyl halides is 3. The Labute approximate surface area is 218 Å². The number of imide groups is 1. The van der Waals surface area contributed by atoms with Crippen LogP contribution in [0.5, 0.6) is 0 Å². The van der Waals surface area contributed by atoms with E-state index in [1.165, 1.54) is 42.6 Å². The number of likely N-dealkylation sites (tertiary alicyclic amines) is 1. The lowest BCUT2D eigenvalue weighted by atomic mass is 9.80. The molecule has 0 bridgehead atoms. The van der Waals surface area contributed by atoms with Crippen molar-refractivity contribution in [2.45, 2.75) is 69.1 Å². The number of carboxylic acids is 1. The smallest absolute Gasteiger partial charge is 0.475 e. The molecule has 0 saturated carbocycles. The highest BCUT2D eigenvalue weighted by atomic mass is 32.2. The van der Waals surface area contributed by atoms with Crippen molar-refractivity contribution in [3.05, 3.63) is 29.8 Å².